The monoisotopic (exact) mass is 287 g/mol. The summed E-state index contributed by atoms with van der Waals surface area (Å²) in [4.78, 5) is 0. The Hall–Kier alpha value is -1.87. The third kappa shape index (κ3) is 4.30. The van der Waals surface area contributed by atoms with Crippen molar-refractivity contribution in [2.45, 2.75) is 39.2 Å². The lowest BCUT2D eigenvalue weighted by molar-refractivity contribution is 0.441. The quantitative estimate of drug-likeness (QED) is 0.813. The van der Waals surface area contributed by atoms with Crippen LogP contribution < -0.4 is 10.5 Å². The summed E-state index contributed by atoms with van der Waals surface area (Å²) in [6.07, 6.45) is 3.41. The van der Waals surface area contributed by atoms with Crippen LogP contribution in [0.3, 0.4) is 0 Å². The summed E-state index contributed by atoms with van der Waals surface area (Å²) in [5.74, 6) is 0.475. The molecule has 0 unspecified atom stereocenters. The predicted molar refractivity (Wildman–Crippen MR) is 84.1 cm³/mol. The number of hydrogen-bond acceptors (Lipinski definition) is 2. The fourth-order valence-corrected chi connectivity index (χ4v) is 2.12. The SMILES string of the molecule is CCCCc1ccc(Oc2ccc([C@H](C)N)cc2F)cc1. The lowest BCUT2D eigenvalue weighted by Crippen LogP contribution is -2.05. The van der Waals surface area contributed by atoms with Crippen LogP contribution >= 0.6 is 0 Å². The fraction of sp³-hybridized carbons (Fsp3) is 0.333. The van der Waals surface area contributed by atoms with Gasteiger partial charge in [-0.15, -0.1) is 0 Å². The Labute approximate surface area is 125 Å². The zero-order valence-electron chi connectivity index (χ0n) is 12.6. The summed E-state index contributed by atoms with van der Waals surface area (Å²) < 4.78 is 19.5. The van der Waals surface area contributed by atoms with Crippen LogP contribution in [0.25, 0.3) is 0 Å². The van der Waals surface area contributed by atoms with E-state index in [2.05, 4.69) is 6.92 Å². The van der Waals surface area contributed by atoms with E-state index in [9.17, 15) is 4.39 Å². The molecule has 0 aliphatic rings. The number of rotatable bonds is 6. The first-order valence-electron chi connectivity index (χ1n) is 7.42. The van der Waals surface area contributed by atoms with Crippen molar-refractivity contribution in [2.75, 3.05) is 0 Å². The molecule has 0 aliphatic heterocycles. The summed E-state index contributed by atoms with van der Waals surface area (Å²) in [6, 6.07) is 12.5. The highest BCUT2D eigenvalue weighted by Crippen LogP contribution is 2.26. The van der Waals surface area contributed by atoms with Gasteiger partial charge in [0.1, 0.15) is 5.75 Å². The van der Waals surface area contributed by atoms with E-state index < -0.39 is 0 Å². The Kier molecular flexibility index (Phi) is 5.34. The Morgan fingerprint density at radius 3 is 2.43 bits per heavy atom. The van der Waals surface area contributed by atoms with E-state index >= 15 is 0 Å². The molecule has 0 spiro atoms. The van der Waals surface area contributed by atoms with E-state index in [4.69, 9.17) is 10.5 Å². The van der Waals surface area contributed by atoms with Gasteiger partial charge in [-0.3, -0.25) is 0 Å². The van der Waals surface area contributed by atoms with Gasteiger partial charge in [0, 0.05) is 6.04 Å². The van der Waals surface area contributed by atoms with Crippen LogP contribution in [0, 0.1) is 5.82 Å². The number of hydrogen-bond donors (Lipinski definition) is 1. The minimum absolute atomic E-state index is 0.189. The molecule has 112 valence electrons. The zero-order valence-corrected chi connectivity index (χ0v) is 12.6. The van der Waals surface area contributed by atoms with Crippen molar-refractivity contribution in [2.24, 2.45) is 5.73 Å². The minimum Gasteiger partial charge on any atom is -0.454 e. The van der Waals surface area contributed by atoms with Crippen molar-refractivity contribution in [3.05, 3.63) is 59.4 Å². The average Bonchev–Trinajstić information content (AvgIpc) is 2.48. The van der Waals surface area contributed by atoms with Gasteiger partial charge in [-0.05, 0) is 55.2 Å². The molecule has 0 fully saturated rings. The van der Waals surface area contributed by atoms with Gasteiger partial charge in [0.05, 0.1) is 0 Å². The third-order valence-electron chi connectivity index (χ3n) is 3.45. The fourth-order valence-electron chi connectivity index (χ4n) is 2.12. The highest BCUT2D eigenvalue weighted by Gasteiger charge is 2.08. The summed E-state index contributed by atoms with van der Waals surface area (Å²) in [5, 5.41) is 0. The van der Waals surface area contributed by atoms with Gasteiger partial charge in [-0.25, -0.2) is 4.39 Å². The van der Waals surface area contributed by atoms with Gasteiger partial charge in [0.2, 0.25) is 0 Å². The summed E-state index contributed by atoms with van der Waals surface area (Å²) >= 11 is 0. The molecule has 2 aromatic carbocycles. The second kappa shape index (κ2) is 7.23. The molecule has 3 heteroatoms. The third-order valence-corrected chi connectivity index (χ3v) is 3.45. The van der Waals surface area contributed by atoms with E-state index in [0.717, 1.165) is 12.0 Å². The van der Waals surface area contributed by atoms with Crippen molar-refractivity contribution < 1.29 is 9.13 Å². The van der Waals surface area contributed by atoms with Crippen molar-refractivity contribution in [1.29, 1.82) is 0 Å². The van der Waals surface area contributed by atoms with Crippen molar-refractivity contribution in [1.82, 2.24) is 0 Å². The van der Waals surface area contributed by atoms with Crippen molar-refractivity contribution >= 4 is 0 Å². The second-order valence-electron chi connectivity index (χ2n) is 5.33. The maximum Gasteiger partial charge on any atom is 0.166 e. The standard InChI is InChI=1S/C18H22FNO/c1-3-4-5-14-6-9-16(10-7-14)21-18-11-8-15(13(2)20)12-17(18)19/h6-13H,3-5,20H2,1-2H3/t13-/m0/s1. The summed E-state index contributed by atoms with van der Waals surface area (Å²) in [6.45, 7) is 4.00. The molecule has 21 heavy (non-hydrogen) atoms. The molecular weight excluding hydrogens is 265 g/mol. The van der Waals surface area contributed by atoms with Crippen LogP contribution in [-0.2, 0) is 6.42 Å². The van der Waals surface area contributed by atoms with E-state index in [1.54, 1.807) is 12.1 Å². The molecule has 0 aliphatic carbocycles. The molecule has 0 aromatic heterocycles. The number of halogens is 1. The number of unbranched alkanes of at least 4 members (excludes halogenated alkanes) is 1. The van der Waals surface area contributed by atoms with Gasteiger partial charge < -0.3 is 10.5 Å². The number of ether oxygens (including phenoxy) is 1. The Morgan fingerprint density at radius 2 is 1.86 bits per heavy atom. The van der Waals surface area contributed by atoms with Gasteiger partial charge >= 0.3 is 0 Å². The molecule has 2 N–H and O–H groups in total. The van der Waals surface area contributed by atoms with Crippen LogP contribution in [-0.4, -0.2) is 0 Å². The molecule has 1 atom stereocenters. The van der Waals surface area contributed by atoms with Crippen LogP contribution in [0.4, 0.5) is 4.39 Å². The minimum atomic E-state index is -0.389. The molecule has 0 bridgehead atoms. The maximum atomic E-state index is 14.0. The normalized spacial score (nSPS) is 12.2. The molecular formula is C18H22FNO. The number of aryl methyl sites for hydroxylation is 1. The lowest BCUT2D eigenvalue weighted by Gasteiger charge is -2.10. The first kappa shape index (κ1) is 15.5. The zero-order chi connectivity index (χ0) is 15.2. The van der Waals surface area contributed by atoms with Crippen LogP contribution in [0.5, 0.6) is 11.5 Å². The number of benzene rings is 2. The second-order valence-corrected chi connectivity index (χ2v) is 5.33. The predicted octanol–water partition coefficient (Wildman–Crippen LogP) is 4.98. The molecule has 2 rings (SSSR count). The Morgan fingerprint density at radius 1 is 1.14 bits per heavy atom. The molecule has 2 nitrogen and oxygen atoms in total. The summed E-state index contributed by atoms with van der Waals surface area (Å²) in [7, 11) is 0. The smallest absolute Gasteiger partial charge is 0.166 e. The van der Waals surface area contributed by atoms with Crippen LogP contribution in [0.15, 0.2) is 42.5 Å². The molecule has 0 saturated heterocycles. The van der Waals surface area contributed by atoms with E-state index in [0.29, 0.717) is 5.75 Å². The van der Waals surface area contributed by atoms with Crippen molar-refractivity contribution in [3.63, 3.8) is 0 Å². The molecule has 2 aromatic rings. The first-order valence-corrected chi connectivity index (χ1v) is 7.42. The van der Waals surface area contributed by atoms with E-state index in [1.807, 2.05) is 31.2 Å². The maximum absolute atomic E-state index is 14.0. The molecule has 0 amide bonds. The molecule has 0 heterocycles. The van der Waals surface area contributed by atoms with Gasteiger partial charge in [-0.1, -0.05) is 31.5 Å². The molecule has 0 radical (unpaired) electrons. The van der Waals surface area contributed by atoms with Gasteiger partial charge in [0.15, 0.2) is 11.6 Å². The topological polar surface area (TPSA) is 35.2 Å². The highest BCUT2D eigenvalue weighted by atomic mass is 19.1. The van der Waals surface area contributed by atoms with E-state index in [-0.39, 0.29) is 17.6 Å². The van der Waals surface area contributed by atoms with Crippen LogP contribution in [0.2, 0.25) is 0 Å². The Bertz CT molecular complexity index is 578. The summed E-state index contributed by atoms with van der Waals surface area (Å²) in [5.41, 5.74) is 7.77. The van der Waals surface area contributed by atoms with E-state index in [1.165, 1.54) is 24.5 Å². The lowest BCUT2D eigenvalue weighted by atomic mass is 10.1. The first-order chi connectivity index (χ1) is 10.1. The van der Waals surface area contributed by atoms with Crippen molar-refractivity contribution in [3.8, 4) is 11.5 Å². The number of nitrogens with two attached hydrogens (primary N) is 1. The van der Waals surface area contributed by atoms with Gasteiger partial charge in [0.25, 0.3) is 0 Å². The van der Waals surface area contributed by atoms with Crippen LogP contribution in [0.1, 0.15) is 43.9 Å². The van der Waals surface area contributed by atoms with Gasteiger partial charge in [-0.2, -0.15) is 0 Å². The Balaban J connectivity index is 2.07. The molecule has 0 saturated carbocycles. The highest BCUT2D eigenvalue weighted by molar-refractivity contribution is 5.36. The largest absolute Gasteiger partial charge is 0.454 e. The average molecular weight is 287 g/mol.